The maximum Gasteiger partial charge on any atom is -0.0228 e. The summed E-state index contributed by atoms with van der Waals surface area (Å²) in [6.45, 7) is 8.94. The number of rotatable bonds is 6. The highest BCUT2D eigenvalue weighted by molar-refractivity contribution is 5.65. The number of hydrogen-bond donors (Lipinski definition) is 0. The van der Waals surface area contributed by atoms with Crippen molar-refractivity contribution in [1.29, 1.82) is 0 Å². The molecule has 1 atom stereocenters. The van der Waals surface area contributed by atoms with Crippen molar-refractivity contribution in [3.63, 3.8) is 0 Å². The summed E-state index contributed by atoms with van der Waals surface area (Å²) in [7, 11) is 0. The van der Waals surface area contributed by atoms with Crippen molar-refractivity contribution in [3.05, 3.63) is 41.5 Å². The highest BCUT2D eigenvalue weighted by Gasteiger charge is 2.01. The molecule has 0 saturated carbocycles. The third-order valence-corrected chi connectivity index (χ3v) is 3.68. The summed E-state index contributed by atoms with van der Waals surface area (Å²) in [5.41, 5.74) is 4.29. The Morgan fingerprint density at radius 1 is 1.18 bits per heavy atom. The zero-order chi connectivity index (χ0) is 12.7. The second kappa shape index (κ2) is 7.32. The van der Waals surface area contributed by atoms with Crippen LogP contribution in [0.15, 0.2) is 30.3 Å². The van der Waals surface area contributed by atoms with Crippen LogP contribution in [0.1, 0.15) is 58.1 Å². The highest BCUT2D eigenvalue weighted by atomic mass is 14.1. The van der Waals surface area contributed by atoms with Crippen molar-refractivity contribution >= 4 is 5.57 Å². The van der Waals surface area contributed by atoms with Gasteiger partial charge in [-0.05, 0) is 48.8 Å². The second-order valence-electron chi connectivity index (χ2n) is 4.92. The average Bonchev–Trinajstić information content (AvgIpc) is 2.38. The highest BCUT2D eigenvalue weighted by Crippen LogP contribution is 2.19. The van der Waals surface area contributed by atoms with Gasteiger partial charge in [0.25, 0.3) is 0 Å². The van der Waals surface area contributed by atoms with Gasteiger partial charge in [0.1, 0.15) is 0 Å². The molecule has 0 amide bonds. The lowest BCUT2D eigenvalue weighted by atomic mass is 9.97. The number of hydrogen-bond acceptors (Lipinski definition) is 0. The molecule has 1 unspecified atom stereocenters. The van der Waals surface area contributed by atoms with Gasteiger partial charge < -0.3 is 0 Å². The van der Waals surface area contributed by atoms with Gasteiger partial charge >= 0.3 is 0 Å². The summed E-state index contributed by atoms with van der Waals surface area (Å²) >= 11 is 0. The lowest BCUT2D eigenvalue weighted by molar-refractivity contribution is 0.516. The van der Waals surface area contributed by atoms with E-state index in [2.05, 4.69) is 58.0 Å². The minimum atomic E-state index is 0.844. The van der Waals surface area contributed by atoms with Crippen molar-refractivity contribution in [1.82, 2.24) is 0 Å². The maximum atomic E-state index is 2.34. The van der Waals surface area contributed by atoms with E-state index >= 15 is 0 Å². The van der Waals surface area contributed by atoms with Crippen LogP contribution in [0.2, 0.25) is 0 Å². The molecule has 1 aromatic rings. The summed E-state index contributed by atoms with van der Waals surface area (Å²) in [6.07, 6.45) is 7.14. The Hall–Kier alpha value is -1.04. The molecule has 0 spiro atoms. The monoisotopic (exact) mass is 230 g/mol. The molecule has 0 aliphatic carbocycles. The molecule has 94 valence electrons. The molecule has 0 aliphatic heterocycles. The van der Waals surface area contributed by atoms with E-state index in [9.17, 15) is 0 Å². The van der Waals surface area contributed by atoms with Crippen LogP contribution in [0.5, 0.6) is 0 Å². The zero-order valence-corrected chi connectivity index (χ0v) is 11.8. The van der Waals surface area contributed by atoms with E-state index in [1.807, 2.05) is 0 Å². The topological polar surface area (TPSA) is 0 Å². The van der Waals surface area contributed by atoms with Crippen molar-refractivity contribution in [3.8, 4) is 0 Å². The molecule has 1 aromatic carbocycles. The molecule has 0 heterocycles. The molecule has 0 N–H and O–H groups in total. The SMILES string of the molecule is C/C=C(\CC)c1ccc(CCC(C)CC)cc1. The predicted octanol–water partition coefficient (Wildman–Crippen LogP) is 5.48. The Kier molecular flexibility index (Phi) is 6.04. The van der Waals surface area contributed by atoms with Crippen LogP contribution in [-0.4, -0.2) is 0 Å². The Balaban J connectivity index is 2.62. The summed E-state index contributed by atoms with van der Waals surface area (Å²) in [5.74, 6) is 0.844. The fraction of sp³-hybridized carbons (Fsp3) is 0.529. The van der Waals surface area contributed by atoms with Gasteiger partial charge in [0.05, 0.1) is 0 Å². The first-order valence-corrected chi connectivity index (χ1v) is 6.95. The third kappa shape index (κ3) is 4.38. The maximum absolute atomic E-state index is 2.34. The molecular weight excluding hydrogens is 204 g/mol. The first kappa shape index (κ1) is 14.0. The molecule has 0 radical (unpaired) electrons. The summed E-state index contributed by atoms with van der Waals surface area (Å²) in [4.78, 5) is 0. The van der Waals surface area contributed by atoms with E-state index in [-0.39, 0.29) is 0 Å². The number of benzene rings is 1. The van der Waals surface area contributed by atoms with Crippen LogP contribution in [0.4, 0.5) is 0 Å². The van der Waals surface area contributed by atoms with E-state index in [0.29, 0.717) is 0 Å². The van der Waals surface area contributed by atoms with Gasteiger partial charge in [-0.15, -0.1) is 0 Å². The molecule has 0 aliphatic rings. The first-order chi connectivity index (χ1) is 8.21. The Morgan fingerprint density at radius 3 is 2.29 bits per heavy atom. The van der Waals surface area contributed by atoms with Crippen LogP contribution in [0.25, 0.3) is 5.57 Å². The molecule has 0 nitrogen and oxygen atoms in total. The van der Waals surface area contributed by atoms with Gasteiger partial charge in [0, 0.05) is 0 Å². The third-order valence-electron chi connectivity index (χ3n) is 3.68. The van der Waals surface area contributed by atoms with Gasteiger partial charge in [-0.3, -0.25) is 0 Å². The molecule has 0 bridgehead atoms. The van der Waals surface area contributed by atoms with Gasteiger partial charge in [0.2, 0.25) is 0 Å². The van der Waals surface area contributed by atoms with Gasteiger partial charge in [0.15, 0.2) is 0 Å². The first-order valence-electron chi connectivity index (χ1n) is 6.95. The molecule has 0 saturated heterocycles. The Morgan fingerprint density at radius 2 is 1.82 bits per heavy atom. The normalized spacial score (nSPS) is 13.8. The lowest BCUT2D eigenvalue weighted by Gasteiger charge is -2.09. The van der Waals surface area contributed by atoms with E-state index in [1.165, 1.54) is 36.0 Å². The molecule has 1 rings (SSSR count). The number of aryl methyl sites for hydroxylation is 1. The minimum absolute atomic E-state index is 0.844. The quantitative estimate of drug-likeness (QED) is 0.607. The van der Waals surface area contributed by atoms with Crippen LogP contribution < -0.4 is 0 Å². The van der Waals surface area contributed by atoms with Gasteiger partial charge in [-0.1, -0.05) is 57.5 Å². The largest absolute Gasteiger partial charge is 0.0839 e. The van der Waals surface area contributed by atoms with Crippen molar-refractivity contribution in [2.24, 2.45) is 5.92 Å². The fourth-order valence-electron chi connectivity index (χ4n) is 2.08. The Labute approximate surface area is 107 Å². The van der Waals surface area contributed by atoms with Gasteiger partial charge in [-0.2, -0.15) is 0 Å². The van der Waals surface area contributed by atoms with Gasteiger partial charge in [-0.25, -0.2) is 0 Å². The molecule has 0 aromatic heterocycles. The van der Waals surface area contributed by atoms with Crippen LogP contribution >= 0.6 is 0 Å². The molecule has 17 heavy (non-hydrogen) atoms. The van der Waals surface area contributed by atoms with Crippen LogP contribution in [0, 0.1) is 5.92 Å². The van der Waals surface area contributed by atoms with E-state index < -0.39 is 0 Å². The van der Waals surface area contributed by atoms with Crippen LogP contribution in [0.3, 0.4) is 0 Å². The van der Waals surface area contributed by atoms with E-state index in [1.54, 1.807) is 0 Å². The predicted molar refractivity (Wildman–Crippen MR) is 78.2 cm³/mol. The van der Waals surface area contributed by atoms with E-state index in [0.717, 1.165) is 12.3 Å². The summed E-state index contributed by atoms with van der Waals surface area (Å²) in [6, 6.07) is 9.11. The van der Waals surface area contributed by atoms with Crippen molar-refractivity contribution in [2.45, 2.75) is 53.4 Å². The van der Waals surface area contributed by atoms with Crippen molar-refractivity contribution in [2.75, 3.05) is 0 Å². The summed E-state index contributed by atoms with van der Waals surface area (Å²) in [5, 5.41) is 0. The summed E-state index contributed by atoms with van der Waals surface area (Å²) < 4.78 is 0. The fourth-order valence-corrected chi connectivity index (χ4v) is 2.08. The zero-order valence-electron chi connectivity index (χ0n) is 11.8. The molecule has 0 heteroatoms. The lowest BCUT2D eigenvalue weighted by Crippen LogP contribution is -1.95. The van der Waals surface area contributed by atoms with Crippen molar-refractivity contribution < 1.29 is 0 Å². The Bertz CT molecular complexity index is 343. The minimum Gasteiger partial charge on any atom is -0.0839 e. The smallest absolute Gasteiger partial charge is 0.0228 e. The van der Waals surface area contributed by atoms with Crippen LogP contribution in [-0.2, 0) is 6.42 Å². The molecule has 0 fully saturated rings. The number of allylic oxidation sites excluding steroid dienone is 2. The molecular formula is C17H26. The average molecular weight is 230 g/mol. The second-order valence-corrected chi connectivity index (χ2v) is 4.92. The van der Waals surface area contributed by atoms with E-state index in [4.69, 9.17) is 0 Å². The standard InChI is InChI=1S/C17H26/c1-5-14(4)8-9-15-10-12-17(13-11-15)16(6-2)7-3/h6,10-14H,5,7-9H2,1-4H3/b16-6+.